The summed E-state index contributed by atoms with van der Waals surface area (Å²) in [6.07, 6.45) is 3.54. The predicted molar refractivity (Wildman–Crippen MR) is 75.6 cm³/mol. The minimum Gasteiger partial charge on any atom is -0.396 e. The first kappa shape index (κ1) is 14.9. The average Bonchev–Trinajstić information content (AvgIpc) is 2.38. The van der Waals surface area contributed by atoms with E-state index in [1.165, 1.54) is 0 Å². The number of aromatic nitrogens is 1. The average molecular weight is 251 g/mol. The van der Waals surface area contributed by atoms with Crippen molar-refractivity contribution >= 4 is 5.69 Å². The summed E-state index contributed by atoms with van der Waals surface area (Å²) in [5.74, 6) is 0. The van der Waals surface area contributed by atoms with E-state index in [0.29, 0.717) is 6.04 Å². The van der Waals surface area contributed by atoms with E-state index in [9.17, 15) is 0 Å². The summed E-state index contributed by atoms with van der Waals surface area (Å²) in [7, 11) is 0. The minimum absolute atomic E-state index is 0.0176. The molecule has 4 nitrogen and oxygen atoms in total. The van der Waals surface area contributed by atoms with Crippen molar-refractivity contribution in [3.63, 3.8) is 0 Å². The fourth-order valence-corrected chi connectivity index (χ4v) is 1.92. The highest BCUT2D eigenvalue weighted by Gasteiger charge is 2.11. The number of rotatable bonds is 7. The number of pyridine rings is 1. The quantitative estimate of drug-likeness (QED) is 0.779. The van der Waals surface area contributed by atoms with Crippen LogP contribution in [0.15, 0.2) is 18.3 Å². The van der Waals surface area contributed by atoms with Crippen LogP contribution in [0.4, 0.5) is 5.69 Å². The van der Waals surface area contributed by atoms with Gasteiger partial charge in [0.05, 0.1) is 17.6 Å². The highest BCUT2D eigenvalue weighted by Crippen LogP contribution is 2.19. The molecule has 1 aromatic rings. The second kappa shape index (κ2) is 7.34. The molecule has 3 N–H and O–H groups in total. The van der Waals surface area contributed by atoms with Crippen LogP contribution in [-0.4, -0.2) is 29.3 Å². The lowest BCUT2D eigenvalue weighted by Gasteiger charge is -2.28. The number of aliphatic hydroxyl groups excluding tert-OH is 1. The summed E-state index contributed by atoms with van der Waals surface area (Å²) in [6, 6.07) is 4.47. The summed E-state index contributed by atoms with van der Waals surface area (Å²) in [6.45, 7) is 7.40. The number of nitrogens with zero attached hydrogens (tertiary/aromatic N) is 2. The zero-order valence-electron chi connectivity index (χ0n) is 11.6. The van der Waals surface area contributed by atoms with Crippen molar-refractivity contribution in [3.05, 3.63) is 24.0 Å². The van der Waals surface area contributed by atoms with E-state index >= 15 is 0 Å². The third-order valence-electron chi connectivity index (χ3n) is 3.10. The third kappa shape index (κ3) is 3.96. The fraction of sp³-hybridized carbons (Fsp3) is 0.643. The van der Waals surface area contributed by atoms with Crippen LogP contribution in [0.2, 0.25) is 0 Å². The molecule has 0 saturated heterocycles. The van der Waals surface area contributed by atoms with Crippen LogP contribution in [0.3, 0.4) is 0 Å². The van der Waals surface area contributed by atoms with Gasteiger partial charge in [0.2, 0.25) is 0 Å². The number of hydrogen-bond donors (Lipinski definition) is 2. The van der Waals surface area contributed by atoms with Gasteiger partial charge in [-0.3, -0.25) is 4.98 Å². The van der Waals surface area contributed by atoms with Gasteiger partial charge in [0.15, 0.2) is 0 Å². The Hall–Kier alpha value is -1.13. The van der Waals surface area contributed by atoms with E-state index in [-0.39, 0.29) is 12.6 Å². The monoisotopic (exact) mass is 251 g/mol. The van der Waals surface area contributed by atoms with Gasteiger partial charge < -0.3 is 15.7 Å². The van der Waals surface area contributed by atoms with Crippen molar-refractivity contribution in [2.75, 3.05) is 18.1 Å². The Balaban J connectivity index is 2.80. The molecule has 4 heteroatoms. The molecule has 0 bridgehead atoms. The van der Waals surface area contributed by atoms with Crippen molar-refractivity contribution in [2.24, 2.45) is 5.73 Å². The molecule has 1 rings (SSSR count). The Kier molecular flexibility index (Phi) is 6.09. The lowest BCUT2D eigenvalue weighted by atomic mass is 10.1. The Morgan fingerprint density at radius 1 is 1.39 bits per heavy atom. The second-order valence-corrected chi connectivity index (χ2v) is 4.82. The topological polar surface area (TPSA) is 62.4 Å². The SMILES string of the molecule is CC[C@@H](N)c1ccc(N(CCCO)C(C)C)cn1. The Labute approximate surface area is 110 Å². The Morgan fingerprint density at radius 2 is 2.11 bits per heavy atom. The molecule has 0 aromatic carbocycles. The molecule has 0 unspecified atom stereocenters. The highest BCUT2D eigenvalue weighted by molar-refractivity contribution is 5.45. The first-order chi connectivity index (χ1) is 8.60. The van der Waals surface area contributed by atoms with Crippen LogP contribution >= 0.6 is 0 Å². The number of anilines is 1. The standard InChI is InChI=1S/C14H25N3O/c1-4-13(15)14-7-6-12(10-16-14)17(11(2)3)8-5-9-18/h6-7,10-11,13,18H,4-5,8-9,15H2,1-3H3/t13-/m1/s1. The van der Waals surface area contributed by atoms with E-state index in [1.54, 1.807) is 0 Å². The van der Waals surface area contributed by atoms with Crippen LogP contribution < -0.4 is 10.6 Å². The van der Waals surface area contributed by atoms with E-state index < -0.39 is 0 Å². The maximum Gasteiger partial charge on any atom is 0.0572 e. The number of nitrogens with two attached hydrogens (primary N) is 1. The predicted octanol–water partition coefficient (Wildman–Crippen LogP) is 2.09. The molecular formula is C14H25N3O. The molecule has 0 saturated carbocycles. The summed E-state index contributed by atoms with van der Waals surface area (Å²) in [5, 5.41) is 8.93. The molecule has 1 heterocycles. The Bertz CT molecular complexity index is 337. The Morgan fingerprint density at radius 3 is 2.56 bits per heavy atom. The van der Waals surface area contributed by atoms with Crippen LogP contribution in [0.25, 0.3) is 0 Å². The summed E-state index contributed by atoms with van der Waals surface area (Å²) >= 11 is 0. The molecule has 0 radical (unpaired) electrons. The van der Waals surface area contributed by atoms with E-state index in [0.717, 1.165) is 30.8 Å². The van der Waals surface area contributed by atoms with Gasteiger partial charge in [-0.25, -0.2) is 0 Å². The molecule has 0 spiro atoms. The van der Waals surface area contributed by atoms with Crippen LogP contribution in [-0.2, 0) is 0 Å². The van der Waals surface area contributed by atoms with Crippen molar-refractivity contribution in [2.45, 2.75) is 45.7 Å². The summed E-state index contributed by atoms with van der Waals surface area (Å²) in [4.78, 5) is 6.67. The fourth-order valence-electron chi connectivity index (χ4n) is 1.92. The van der Waals surface area contributed by atoms with Gasteiger partial charge in [-0.15, -0.1) is 0 Å². The van der Waals surface area contributed by atoms with Crippen LogP contribution in [0.1, 0.15) is 45.3 Å². The molecule has 1 atom stereocenters. The second-order valence-electron chi connectivity index (χ2n) is 4.82. The molecule has 18 heavy (non-hydrogen) atoms. The highest BCUT2D eigenvalue weighted by atomic mass is 16.3. The van der Waals surface area contributed by atoms with Crippen molar-refractivity contribution < 1.29 is 5.11 Å². The van der Waals surface area contributed by atoms with Crippen molar-refractivity contribution in [1.29, 1.82) is 0 Å². The maximum absolute atomic E-state index is 8.93. The van der Waals surface area contributed by atoms with Gasteiger partial charge in [-0.05, 0) is 38.8 Å². The van der Waals surface area contributed by atoms with Gasteiger partial charge in [-0.2, -0.15) is 0 Å². The first-order valence-electron chi connectivity index (χ1n) is 6.69. The minimum atomic E-state index is 0.0176. The molecule has 0 fully saturated rings. The zero-order chi connectivity index (χ0) is 13.5. The van der Waals surface area contributed by atoms with E-state index in [4.69, 9.17) is 10.8 Å². The molecule has 102 valence electrons. The van der Waals surface area contributed by atoms with Gasteiger partial charge in [0.1, 0.15) is 0 Å². The number of hydrogen-bond acceptors (Lipinski definition) is 4. The first-order valence-corrected chi connectivity index (χ1v) is 6.69. The molecule has 1 aromatic heterocycles. The van der Waals surface area contributed by atoms with Crippen LogP contribution in [0.5, 0.6) is 0 Å². The van der Waals surface area contributed by atoms with Crippen molar-refractivity contribution in [1.82, 2.24) is 4.98 Å². The molecule has 0 aliphatic rings. The maximum atomic E-state index is 8.93. The zero-order valence-corrected chi connectivity index (χ0v) is 11.6. The number of aliphatic hydroxyl groups is 1. The lowest BCUT2D eigenvalue weighted by molar-refractivity contribution is 0.288. The summed E-state index contributed by atoms with van der Waals surface area (Å²) in [5.41, 5.74) is 7.98. The smallest absolute Gasteiger partial charge is 0.0572 e. The van der Waals surface area contributed by atoms with Gasteiger partial charge in [0, 0.05) is 25.2 Å². The molecule has 0 aliphatic carbocycles. The van der Waals surface area contributed by atoms with Gasteiger partial charge >= 0.3 is 0 Å². The third-order valence-corrected chi connectivity index (χ3v) is 3.10. The largest absolute Gasteiger partial charge is 0.396 e. The van der Waals surface area contributed by atoms with Crippen molar-refractivity contribution in [3.8, 4) is 0 Å². The molecule has 0 amide bonds. The summed E-state index contributed by atoms with van der Waals surface area (Å²) < 4.78 is 0. The normalized spacial score (nSPS) is 12.8. The van der Waals surface area contributed by atoms with Gasteiger partial charge in [-0.1, -0.05) is 6.92 Å². The molecule has 0 aliphatic heterocycles. The van der Waals surface area contributed by atoms with E-state index in [2.05, 4.69) is 36.7 Å². The van der Waals surface area contributed by atoms with E-state index in [1.807, 2.05) is 12.3 Å². The van der Waals surface area contributed by atoms with Crippen LogP contribution in [0, 0.1) is 0 Å². The lowest BCUT2D eigenvalue weighted by Crippen LogP contribution is -2.32. The molecular weight excluding hydrogens is 226 g/mol. The van der Waals surface area contributed by atoms with Gasteiger partial charge in [0.25, 0.3) is 0 Å².